The van der Waals surface area contributed by atoms with Crippen LogP contribution in [-0.2, 0) is 0 Å². The van der Waals surface area contributed by atoms with Gasteiger partial charge in [0, 0.05) is 5.56 Å². The van der Waals surface area contributed by atoms with Crippen molar-refractivity contribution in [3.63, 3.8) is 0 Å². The fraction of sp³-hybridized carbons (Fsp3) is 0.565. The second kappa shape index (κ2) is 14.6. The largest absolute Gasteiger partial charge is 0.508 e. The first-order valence-electron chi connectivity index (χ1n) is 10.1. The van der Waals surface area contributed by atoms with E-state index in [9.17, 15) is 10.2 Å². The number of phenolic OH excluding ortho intramolecular Hbond substituents is 2. The van der Waals surface area contributed by atoms with Crippen molar-refractivity contribution in [2.24, 2.45) is 0 Å². The van der Waals surface area contributed by atoms with Gasteiger partial charge in [0.05, 0.1) is 0 Å². The maximum absolute atomic E-state index is 9.66. The van der Waals surface area contributed by atoms with Crippen LogP contribution in [0.5, 0.6) is 11.5 Å². The standard InChI is InChI=1S/C23H36O2/c1-2-3-4-5-6-7-8-9-10-11-12-13-14-15-16-17-21-20-22(24)18-19-23(21)25/h14-20,24-25H,2-13H2,1H3/b15-14?,17-16+. The van der Waals surface area contributed by atoms with Crippen LogP contribution >= 0.6 is 0 Å². The van der Waals surface area contributed by atoms with Crippen molar-refractivity contribution >= 4 is 6.08 Å². The minimum atomic E-state index is 0.169. The van der Waals surface area contributed by atoms with Crippen molar-refractivity contribution in [2.45, 2.75) is 84.0 Å². The number of hydrogen-bond acceptors (Lipinski definition) is 2. The molecule has 140 valence electrons. The fourth-order valence-electron chi connectivity index (χ4n) is 2.94. The quantitative estimate of drug-likeness (QED) is 0.210. The van der Waals surface area contributed by atoms with Crippen LogP contribution in [0.25, 0.3) is 6.08 Å². The lowest BCUT2D eigenvalue weighted by Gasteiger charge is -2.01. The van der Waals surface area contributed by atoms with Crippen LogP contribution < -0.4 is 0 Å². The Balaban J connectivity index is 1.96. The molecule has 2 nitrogen and oxygen atoms in total. The predicted molar refractivity (Wildman–Crippen MR) is 109 cm³/mol. The smallest absolute Gasteiger partial charge is 0.123 e. The molecule has 0 aliphatic carbocycles. The summed E-state index contributed by atoms with van der Waals surface area (Å²) in [5.74, 6) is 0.357. The molecular formula is C23H36O2. The lowest BCUT2D eigenvalue weighted by molar-refractivity contribution is 0.459. The Morgan fingerprint density at radius 3 is 2.00 bits per heavy atom. The van der Waals surface area contributed by atoms with E-state index in [1.807, 2.05) is 18.2 Å². The van der Waals surface area contributed by atoms with Gasteiger partial charge >= 0.3 is 0 Å². The van der Waals surface area contributed by atoms with E-state index >= 15 is 0 Å². The number of allylic oxidation sites excluding steroid dienone is 3. The van der Waals surface area contributed by atoms with Gasteiger partial charge < -0.3 is 10.2 Å². The second-order valence-electron chi connectivity index (χ2n) is 6.85. The molecule has 0 radical (unpaired) electrons. The van der Waals surface area contributed by atoms with E-state index in [1.165, 1.54) is 82.8 Å². The van der Waals surface area contributed by atoms with Gasteiger partial charge in [0.25, 0.3) is 0 Å². The molecule has 0 saturated carbocycles. The van der Waals surface area contributed by atoms with Crippen LogP contribution in [0.1, 0.15) is 89.5 Å². The van der Waals surface area contributed by atoms with Gasteiger partial charge in [0.15, 0.2) is 0 Å². The van der Waals surface area contributed by atoms with Gasteiger partial charge in [0.1, 0.15) is 11.5 Å². The number of rotatable bonds is 14. The van der Waals surface area contributed by atoms with Gasteiger partial charge in [-0.2, -0.15) is 0 Å². The Morgan fingerprint density at radius 1 is 0.760 bits per heavy atom. The zero-order chi connectivity index (χ0) is 18.2. The molecule has 0 aliphatic heterocycles. The van der Waals surface area contributed by atoms with Gasteiger partial charge in [-0.05, 0) is 31.0 Å². The molecule has 0 bridgehead atoms. The minimum Gasteiger partial charge on any atom is -0.508 e. The summed E-state index contributed by atoms with van der Waals surface area (Å²) in [6, 6.07) is 4.54. The molecule has 0 aromatic heterocycles. The van der Waals surface area contributed by atoms with Crippen LogP contribution in [0.2, 0.25) is 0 Å². The number of unbranched alkanes of at least 4 members (excludes halogenated alkanes) is 11. The fourth-order valence-corrected chi connectivity index (χ4v) is 2.94. The molecule has 1 aromatic rings. The first kappa shape index (κ1) is 21.3. The van der Waals surface area contributed by atoms with Crippen LogP contribution in [0.15, 0.2) is 36.4 Å². The monoisotopic (exact) mass is 344 g/mol. The van der Waals surface area contributed by atoms with E-state index < -0.39 is 0 Å². The number of aromatic hydroxyl groups is 2. The molecule has 25 heavy (non-hydrogen) atoms. The molecular weight excluding hydrogens is 308 g/mol. The summed E-state index contributed by atoms with van der Waals surface area (Å²) >= 11 is 0. The molecule has 1 rings (SSSR count). The molecule has 0 saturated heterocycles. The predicted octanol–water partition coefficient (Wildman–Crippen LogP) is 7.37. The summed E-state index contributed by atoms with van der Waals surface area (Å²) in [5.41, 5.74) is 0.638. The molecule has 0 unspecified atom stereocenters. The van der Waals surface area contributed by atoms with E-state index in [2.05, 4.69) is 13.0 Å². The van der Waals surface area contributed by atoms with E-state index in [4.69, 9.17) is 0 Å². The average molecular weight is 345 g/mol. The molecule has 0 heterocycles. The Labute approximate surface area is 154 Å². The van der Waals surface area contributed by atoms with Gasteiger partial charge in [-0.15, -0.1) is 0 Å². The highest BCUT2D eigenvalue weighted by atomic mass is 16.3. The maximum atomic E-state index is 9.66. The molecule has 1 aromatic carbocycles. The maximum Gasteiger partial charge on any atom is 0.123 e. The number of phenols is 2. The molecule has 2 heteroatoms. The first-order chi connectivity index (χ1) is 12.2. The topological polar surface area (TPSA) is 40.5 Å². The van der Waals surface area contributed by atoms with Gasteiger partial charge in [0.2, 0.25) is 0 Å². The van der Waals surface area contributed by atoms with Crippen LogP contribution in [0.3, 0.4) is 0 Å². The van der Waals surface area contributed by atoms with Crippen LogP contribution in [0.4, 0.5) is 0 Å². The summed E-state index contributed by atoms with van der Waals surface area (Å²) in [7, 11) is 0. The van der Waals surface area contributed by atoms with Crippen molar-refractivity contribution in [2.75, 3.05) is 0 Å². The van der Waals surface area contributed by atoms with Crippen molar-refractivity contribution in [1.29, 1.82) is 0 Å². The third-order valence-corrected chi connectivity index (χ3v) is 4.51. The molecule has 2 N–H and O–H groups in total. The Kier molecular flexibility index (Phi) is 12.5. The van der Waals surface area contributed by atoms with E-state index in [-0.39, 0.29) is 11.5 Å². The zero-order valence-electron chi connectivity index (χ0n) is 15.9. The van der Waals surface area contributed by atoms with Gasteiger partial charge in [-0.3, -0.25) is 0 Å². The van der Waals surface area contributed by atoms with Crippen molar-refractivity contribution in [1.82, 2.24) is 0 Å². The second-order valence-corrected chi connectivity index (χ2v) is 6.85. The first-order valence-corrected chi connectivity index (χ1v) is 10.1. The molecule has 0 atom stereocenters. The third kappa shape index (κ3) is 11.5. The third-order valence-electron chi connectivity index (χ3n) is 4.51. The highest BCUT2D eigenvalue weighted by Crippen LogP contribution is 2.23. The summed E-state index contributed by atoms with van der Waals surface area (Å²) < 4.78 is 0. The molecule has 0 spiro atoms. The lowest BCUT2D eigenvalue weighted by Crippen LogP contribution is -1.81. The number of benzene rings is 1. The van der Waals surface area contributed by atoms with Crippen molar-refractivity contribution < 1.29 is 10.2 Å². The van der Waals surface area contributed by atoms with E-state index in [0.29, 0.717) is 5.56 Å². The van der Waals surface area contributed by atoms with E-state index in [1.54, 1.807) is 6.07 Å². The Hall–Kier alpha value is -1.70. The van der Waals surface area contributed by atoms with Gasteiger partial charge in [-0.25, -0.2) is 0 Å². The summed E-state index contributed by atoms with van der Waals surface area (Å²) in [4.78, 5) is 0. The van der Waals surface area contributed by atoms with Gasteiger partial charge in [-0.1, -0.05) is 95.4 Å². The normalized spacial score (nSPS) is 11.7. The number of hydrogen-bond donors (Lipinski definition) is 2. The van der Waals surface area contributed by atoms with Crippen molar-refractivity contribution in [3.05, 3.63) is 42.0 Å². The van der Waals surface area contributed by atoms with Crippen molar-refractivity contribution in [3.8, 4) is 11.5 Å². The molecule has 0 amide bonds. The Morgan fingerprint density at radius 2 is 1.36 bits per heavy atom. The average Bonchev–Trinajstić information content (AvgIpc) is 2.61. The zero-order valence-corrected chi connectivity index (χ0v) is 15.9. The molecule has 0 fully saturated rings. The lowest BCUT2D eigenvalue weighted by atomic mass is 10.1. The Bertz CT molecular complexity index is 503. The van der Waals surface area contributed by atoms with Crippen LogP contribution in [0, 0.1) is 0 Å². The van der Waals surface area contributed by atoms with E-state index in [0.717, 1.165) is 6.42 Å². The minimum absolute atomic E-state index is 0.169. The molecule has 0 aliphatic rings. The summed E-state index contributed by atoms with van der Waals surface area (Å²) in [6.45, 7) is 2.27. The highest BCUT2D eigenvalue weighted by Gasteiger charge is 1.97. The summed E-state index contributed by atoms with van der Waals surface area (Å²) in [5, 5.41) is 19.1. The highest BCUT2D eigenvalue weighted by molar-refractivity contribution is 5.59. The van der Waals surface area contributed by atoms with Crippen LogP contribution in [-0.4, -0.2) is 10.2 Å². The SMILES string of the molecule is CCCCCCCCCCCCCC=C/C=C/c1cc(O)ccc1O. The summed E-state index contributed by atoms with van der Waals surface area (Å²) in [6.07, 6.45) is 24.1.